The van der Waals surface area contributed by atoms with Crippen molar-refractivity contribution in [1.82, 2.24) is 10.3 Å². The Morgan fingerprint density at radius 1 is 0.973 bits per heavy atom. The number of methoxy groups -OCH3 is 1. The van der Waals surface area contributed by atoms with E-state index in [1.807, 2.05) is 61.5 Å². The van der Waals surface area contributed by atoms with Crippen molar-refractivity contribution in [2.24, 2.45) is 0 Å². The number of ether oxygens (including phenoxy) is 2. The van der Waals surface area contributed by atoms with E-state index in [9.17, 15) is 4.79 Å². The van der Waals surface area contributed by atoms with Crippen LogP contribution in [0.1, 0.15) is 45.6 Å². The molecule has 0 aliphatic carbocycles. The summed E-state index contributed by atoms with van der Waals surface area (Å²) in [4.78, 5) is 19.4. The SMILES string of the molecule is COc1cc(C(C)NC(=O)c2ccc(N3CCc4ccccc4C3)cc2)ccc1OCc1ccncc1. The van der Waals surface area contributed by atoms with Gasteiger partial charge in [-0.3, -0.25) is 9.78 Å². The summed E-state index contributed by atoms with van der Waals surface area (Å²) in [7, 11) is 1.62. The predicted molar refractivity (Wildman–Crippen MR) is 145 cm³/mol. The number of pyridine rings is 1. The van der Waals surface area contributed by atoms with Gasteiger partial charge in [-0.15, -0.1) is 0 Å². The number of aromatic nitrogens is 1. The fourth-order valence-corrected chi connectivity index (χ4v) is 4.62. The first-order chi connectivity index (χ1) is 18.1. The summed E-state index contributed by atoms with van der Waals surface area (Å²) in [6.07, 6.45) is 4.51. The molecule has 1 aliphatic heterocycles. The minimum absolute atomic E-state index is 0.111. The van der Waals surface area contributed by atoms with Gasteiger partial charge in [-0.2, -0.15) is 0 Å². The van der Waals surface area contributed by atoms with Gasteiger partial charge in [0.1, 0.15) is 6.61 Å². The summed E-state index contributed by atoms with van der Waals surface area (Å²) in [5, 5.41) is 3.10. The fraction of sp³-hybridized carbons (Fsp3) is 0.226. The molecule has 4 aromatic rings. The zero-order valence-corrected chi connectivity index (χ0v) is 21.2. The summed E-state index contributed by atoms with van der Waals surface area (Å²) >= 11 is 0. The van der Waals surface area contributed by atoms with Gasteiger partial charge in [0.15, 0.2) is 11.5 Å². The van der Waals surface area contributed by atoms with E-state index in [-0.39, 0.29) is 11.9 Å². The Bertz CT molecular complexity index is 1360. The Morgan fingerprint density at radius 2 is 1.73 bits per heavy atom. The standard InChI is InChI=1S/C31H31N3O3/c1-22(26-9-12-29(30(19-26)36-2)37-21-23-13-16-32-17-14-23)33-31(35)25-7-10-28(11-8-25)34-18-15-24-5-3-4-6-27(24)20-34/h3-14,16-17,19,22H,15,18,20-21H2,1-2H3,(H,33,35). The number of carbonyl (C=O) groups excluding carboxylic acids is 1. The second kappa shape index (κ2) is 11.2. The largest absolute Gasteiger partial charge is 0.493 e. The highest BCUT2D eigenvalue weighted by Crippen LogP contribution is 2.31. The van der Waals surface area contributed by atoms with Crippen LogP contribution in [0.2, 0.25) is 0 Å². The third-order valence-corrected chi connectivity index (χ3v) is 6.80. The van der Waals surface area contributed by atoms with Crippen LogP contribution < -0.4 is 19.7 Å². The van der Waals surface area contributed by atoms with Crippen molar-refractivity contribution >= 4 is 11.6 Å². The first-order valence-electron chi connectivity index (χ1n) is 12.5. The Balaban J connectivity index is 1.20. The number of amides is 1. The van der Waals surface area contributed by atoms with Crippen molar-refractivity contribution in [3.63, 3.8) is 0 Å². The van der Waals surface area contributed by atoms with Gasteiger partial charge in [0.2, 0.25) is 0 Å². The van der Waals surface area contributed by atoms with Crippen molar-refractivity contribution in [1.29, 1.82) is 0 Å². The van der Waals surface area contributed by atoms with E-state index in [1.54, 1.807) is 19.5 Å². The van der Waals surface area contributed by atoms with E-state index in [0.29, 0.717) is 23.7 Å². The molecule has 0 spiro atoms. The maximum absolute atomic E-state index is 13.0. The number of benzene rings is 3. The molecule has 0 bridgehead atoms. The number of hydrogen-bond donors (Lipinski definition) is 1. The van der Waals surface area contributed by atoms with Crippen LogP contribution in [0, 0.1) is 0 Å². The van der Waals surface area contributed by atoms with Crippen LogP contribution >= 0.6 is 0 Å². The average molecular weight is 494 g/mol. The summed E-state index contributed by atoms with van der Waals surface area (Å²) in [6.45, 7) is 4.25. The van der Waals surface area contributed by atoms with Crippen LogP contribution in [0.5, 0.6) is 11.5 Å². The molecule has 37 heavy (non-hydrogen) atoms. The van der Waals surface area contributed by atoms with Gasteiger partial charge in [0.05, 0.1) is 13.2 Å². The van der Waals surface area contributed by atoms with E-state index in [1.165, 1.54) is 11.1 Å². The van der Waals surface area contributed by atoms with Crippen LogP contribution in [0.4, 0.5) is 5.69 Å². The zero-order valence-electron chi connectivity index (χ0n) is 21.2. The maximum atomic E-state index is 13.0. The number of hydrogen-bond acceptors (Lipinski definition) is 5. The number of nitrogens with zero attached hydrogens (tertiary/aromatic N) is 2. The highest BCUT2D eigenvalue weighted by atomic mass is 16.5. The Hall–Kier alpha value is -4.32. The Morgan fingerprint density at radius 3 is 2.49 bits per heavy atom. The van der Waals surface area contributed by atoms with Crippen molar-refractivity contribution < 1.29 is 14.3 Å². The molecule has 1 atom stereocenters. The zero-order chi connectivity index (χ0) is 25.6. The van der Waals surface area contributed by atoms with Gasteiger partial charge in [-0.1, -0.05) is 30.3 Å². The van der Waals surface area contributed by atoms with Crippen LogP contribution in [-0.2, 0) is 19.6 Å². The van der Waals surface area contributed by atoms with Crippen LogP contribution in [0.3, 0.4) is 0 Å². The highest BCUT2D eigenvalue weighted by Gasteiger charge is 2.18. The van der Waals surface area contributed by atoms with Gasteiger partial charge in [-0.05, 0) is 84.1 Å². The molecule has 0 radical (unpaired) electrons. The molecule has 188 valence electrons. The summed E-state index contributed by atoms with van der Waals surface area (Å²) in [5.41, 5.74) is 6.52. The third-order valence-electron chi connectivity index (χ3n) is 6.80. The van der Waals surface area contributed by atoms with E-state index in [0.717, 1.165) is 36.3 Å². The van der Waals surface area contributed by atoms with Gasteiger partial charge >= 0.3 is 0 Å². The minimum atomic E-state index is -0.200. The molecule has 6 heteroatoms. The topological polar surface area (TPSA) is 63.7 Å². The molecule has 1 unspecified atom stereocenters. The molecule has 1 aromatic heterocycles. The second-order valence-electron chi connectivity index (χ2n) is 9.24. The number of fused-ring (bicyclic) bond motifs is 1. The first kappa shape index (κ1) is 24.4. The number of carbonyl (C=O) groups is 1. The van der Waals surface area contributed by atoms with E-state index in [4.69, 9.17) is 9.47 Å². The molecule has 3 aromatic carbocycles. The summed E-state index contributed by atoms with van der Waals surface area (Å²) in [5.74, 6) is 1.16. The molecule has 2 heterocycles. The fourth-order valence-electron chi connectivity index (χ4n) is 4.62. The van der Waals surface area contributed by atoms with E-state index in [2.05, 4.69) is 39.5 Å². The lowest BCUT2D eigenvalue weighted by Crippen LogP contribution is -2.30. The lowest BCUT2D eigenvalue weighted by atomic mass is 9.99. The lowest BCUT2D eigenvalue weighted by Gasteiger charge is -2.30. The van der Waals surface area contributed by atoms with Crippen LogP contribution in [-0.4, -0.2) is 24.5 Å². The quantitative estimate of drug-likeness (QED) is 0.340. The molecule has 0 saturated heterocycles. The average Bonchev–Trinajstić information content (AvgIpc) is 2.96. The molecule has 0 saturated carbocycles. The van der Waals surface area contributed by atoms with Crippen molar-refractivity contribution in [2.75, 3.05) is 18.6 Å². The van der Waals surface area contributed by atoms with Gasteiger partial charge in [0.25, 0.3) is 5.91 Å². The Kier molecular flexibility index (Phi) is 7.36. The smallest absolute Gasteiger partial charge is 0.251 e. The van der Waals surface area contributed by atoms with E-state index < -0.39 is 0 Å². The van der Waals surface area contributed by atoms with E-state index >= 15 is 0 Å². The summed E-state index contributed by atoms with van der Waals surface area (Å²) < 4.78 is 11.5. The van der Waals surface area contributed by atoms with Crippen LogP contribution in [0.15, 0.2) is 91.3 Å². The molecular weight excluding hydrogens is 462 g/mol. The monoisotopic (exact) mass is 493 g/mol. The second-order valence-corrected chi connectivity index (χ2v) is 9.24. The van der Waals surface area contributed by atoms with Gasteiger partial charge < -0.3 is 19.7 Å². The number of nitrogens with one attached hydrogen (secondary N) is 1. The molecule has 1 N–H and O–H groups in total. The molecule has 1 aliphatic rings. The lowest BCUT2D eigenvalue weighted by molar-refractivity contribution is 0.0940. The third kappa shape index (κ3) is 5.75. The van der Waals surface area contributed by atoms with Crippen molar-refractivity contribution in [3.05, 3.63) is 119 Å². The Labute approximate surface area is 217 Å². The maximum Gasteiger partial charge on any atom is 0.251 e. The summed E-state index contributed by atoms with van der Waals surface area (Å²) in [6, 6.07) is 25.8. The number of anilines is 1. The highest BCUT2D eigenvalue weighted by molar-refractivity contribution is 5.94. The van der Waals surface area contributed by atoms with Gasteiger partial charge in [-0.25, -0.2) is 0 Å². The number of rotatable bonds is 8. The molecular formula is C31H31N3O3. The predicted octanol–water partition coefficient (Wildman–Crippen LogP) is 5.72. The molecule has 5 rings (SSSR count). The molecule has 6 nitrogen and oxygen atoms in total. The first-order valence-corrected chi connectivity index (χ1v) is 12.5. The van der Waals surface area contributed by atoms with Crippen molar-refractivity contribution in [3.8, 4) is 11.5 Å². The molecule has 0 fully saturated rings. The normalized spacial score (nSPS) is 13.4. The van der Waals surface area contributed by atoms with Crippen LogP contribution in [0.25, 0.3) is 0 Å². The van der Waals surface area contributed by atoms with Gasteiger partial charge in [0, 0.05) is 36.7 Å². The molecule has 1 amide bonds. The minimum Gasteiger partial charge on any atom is -0.493 e. The van der Waals surface area contributed by atoms with Crippen molar-refractivity contribution in [2.45, 2.75) is 32.5 Å².